The molecule has 0 spiro atoms. The molecule has 0 saturated carbocycles. The van der Waals surface area contributed by atoms with Crippen LogP contribution in [0.2, 0.25) is 0 Å². The maximum absolute atomic E-state index is 10.3. The lowest BCUT2D eigenvalue weighted by Crippen LogP contribution is -2.19. The highest BCUT2D eigenvalue weighted by atomic mass is 16.2. The van der Waals surface area contributed by atoms with Crippen LogP contribution in [0.25, 0.3) is 0 Å². The molecule has 0 radical (unpaired) electrons. The maximum atomic E-state index is 10.3. The minimum atomic E-state index is 0.290. The van der Waals surface area contributed by atoms with E-state index in [1.807, 2.05) is 19.1 Å². The summed E-state index contributed by atoms with van der Waals surface area (Å²) in [6.45, 7) is 10.9. The van der Waals surface area contributed by atoms with Crippen LogP contribution in [-0.2, 0) is 4.79 Å². The van der Waals surface area contributed by atoms with Crippen LogP contribution >= 0.6 is 0 Å². The van der Waals surface area contributed by atoms with Crippen molar-refractivity contribution in [3.63, 3.8) is 0 Å². The number of rotatable bonds is 5. The third kappa shape index (κ3) is 5.71. The Morgan fingerprint density at radius 2 is 1.76 bits per heavy atom. The Bertz CT molecular complexity index is 522. The summed E-state index contributed by atoms with van der Waals surface area (Å²) in [4.78, 5) is 10.3. The number of carbonyl (C=O) groups is 1. The first-order valence-electron chi connectivity index (χ1n) is 7.72. The van der Waals surface area contributed by atoms with Crippen molar-refractivity contribution in [3.8, 4) is 0 Å². The summed E-state index contributed by atoms with van der Waals surface area (Å²) >= 11 is 0. The number of hydrogen-bond acceptors (Lipinski definition) is 1. The maximum Gasteiger partial charge on any atom is 0.143 e. The van der Waals surface area contributed by atoms with Crippen molar-refractivity contribution in [3.05, 3.63) is 58.7 Å². The predicted octanol–water partition coefficient (Wildman–Crippen LogP) is 5.72. The Balaban J connectivity index is 2.80. The molecule has 1 nitrogen and oxygen atoms in total. The van der Waals surface area contributed by atoms with E-state index in [1.165, 1.54) is 36.0 Å². The van der Waals surface area contributed by atoms with Crippen LogP contribution in [0.1, 0.15) is 53.9 Å². The van der Waals surface area contributed by atoms with Gasteiger partial charge in [-0.1, -0.05) is 55.4 Å². The summed E-state index contributed by atoms with van der Waals surface area (Å²) in [6.07, 6.45) is 16.6. The molecular weight excluding hydrogens is 258 g/mol. The zero-order valence-corrected chi connectivity index (χ0v) is 14.1. The molecule has 1 aliphatic carbocycles. The van der Waals surface area contributed by atoms with Gasteiger partial charge in [0.05, 0.1) is 0 Å². The highest BCUT2D eigenvalue weighted by Crippen LogP contribution is 2.40. The van der Waals surface area contributed by atoms with Gasteiger partial charge in [0.25, 0.3) is 0 Å². The van der Waals surface area contributed by atoms with Crippen LogP contribution in [-0.4, -0.2) is 6.29 Å². The lowest BCUT2D eigenvalue weighted by atomic mass is 9.72. The lowest BCUT2D eigenvalue weighted by Gasteiger charge is -2.32. The van der Waals surface area contributed by atoms with Crippen molar-refractivity contribution in [2.24, 2.45) is 5.41 Å². The van der Waals surface area contributed by atoms with Crippen molar-refractivity contribution in [2.45, 2.75) is 53.9 Å². The molecule has 0 unspecified atom stereocenters. The van der Waals surface area contributed by atoms with E-state index in [0.29, 0.717) is 0 Å². The van der Waals surface area contributed by atoms with Gasteiger partial charge < -0.3 is 0 Å². The molecule has 0 amide bonds. The second kappa shape index (κ2) is 7.97. The Morgan fingerprint density at radius 1 is 1.10 bits per heavy atom. The predicted molar refractivity (Wildman–Crippen MR) is 92.2 cm³/mol. The monoisotopic (exact) mass is 286 g/mol. The average molecular weight is 286 g/mol. The molecule has 0 aliphatic heterocycles. The number of carbonyl (C=O) groups excluding carboxylic acids is 1. The van der Waals surface area contributed by atoms with Crippen LogP contribution in [0.15, 0.2) is 58.7 Å². The van der Waals surface area contributed by atoms with Gasteiger partial charge in [-0.3, -0.25) is 4.79 Å². The van der Waals surface area contributed by atoms with Crippen molar-refractivity contribution >= 4 is 6.29 Å². The van der Waals surface area contributed by atoms with Crippen LogP contribution in [0.5, 0.6) is 0 Å². The molecule has 0 aromatic rings. The summed E-state index contributed by atoms with van der Waals surface area (Å²) in [5, 5.41) is 0. The lowest BCUT2D eigenvalue weighted by molar-refractivity contribution is -0.104. The molecule has 0 saturated heterocycles. The Kier molecular flexibility index (Phi) is 6.61. The van der Waals surface area contributed by atoms with Crippen LogP contribution in [0.3, 0.4) is 0 Å². The Labute approximate surface area is 129 Å². The van der Waals surface area contributed by atoms with E-state index in [-0.39, 0.29) is 5.41 Å². The highest BCUT2D eigenvalue weighted by molar-refractivity contribution is 5.66. The molecule has 0 atom stereocenters. The third-order valence-electron chi connectivity index (χ3n) is 4.10. The largest absolute Gasteiger partial charge is 0.299 e. The highest BCUT2D eigenvalue weighted by Gasteiger charge is 2.26. The van der Waals surface area contributed by atoms with E-state index in [9.17, 15) is 4.79 Å². The van der Waals surface area contributed by atoms with Gasteiger partial charge in [-0.2, -0.15) is 0 Å². The van der Waals surface area contributed by atoms with Gasteiger partial charge in [0.15, 0.2) is 0 Å². The van der Waals surface area contributed by atoms with Crippen LogP contribution < -0.4 is 0 Å². The molecule has 0 heterocycles. The minimum absolute atomic E-state index is 0.290. The third-order valence-corrected chi connectivity index (χ3v) is 4.10. The molecule has 0 aromatic heterocycles. The molecule has 0 aromatic carbocycles. The molecule has 0 N–H and O–H groups in total. The normalized spacial score (nSPS) is 20.6. The minimum Gasteiger partial charge on any atom is -0.299 e. The molecular formula is C20H28O. The van der Waals surface area contributed by atoms with Gasteiger partial charge >= 0.3 is 0 Å². The Morgan fingerprint density at radius 3 is 2.38 bits per heavy atom. The van der Waals surface area contributed by atoms with Crippen molar-refractivity contribution in [1.82, 2.24) is 0 Å². The van der Waals surface area contributed by atoms with Gasteiger partial charge in [-0.05, 0) is 62.7 Å². The SMILES string of the molecule is CC1=C(/C=C/C(C)=C/C=C/C(C)=[13CH]/[13CH]=O)C(C)(C)CCC1. The molecule has 0 bridgehead atoms. The van der Waals surface area contributed by atoms with Gasteiger partial charge in [0.2, 0.25) is 0 Å². The molecule has 1 rings (SSSR count). The zero-order chi connectivity index (χ0) is 15.9. The van der Waals surface area contributed by atoms with Gasteiger partial charge in [0, 0.05) is 0 Å². The molecule has 21 heavy (non-hydrogen) atoms. The van der Waals surface area contributed by atoms with E-state index in [2.05, 4.69) is 45.9 Å². The smallest absolute Gasteiger partial charge is 0.143 e. The summed E-state index contributed by atoms with van der Waals surface area (Å²) in [5.41, 5.74) is 5.48. The summed E-state index contributed by atoms with van der Waals surface area (Å²) in [5.74, 6) is 0. The second-order valence-corrected chi connectivity index (χ2v) is 6.58. The fourth-order valence-corrected chi connectivity index (χ4v) is 2.80. The van der Waals surface area contributed by atoms with Crippen molar-refractivity contribution in [2.75, 3.05) is 0 Å². The standard InChI is InChI=1S/C20H28O/c1-16(8-6-9-17(2)13-15-21)11-12-19-18(3)10-7-14-20(19,4)5/h6,8-9,11-13,15H,7,10,14H2,1-5H3/b9-6+,12-11+,16-8+,17-13+/i13+1,15+1. The van der Waals surface area contributed by atoms with Crippen molar-refractivity contribution < 1.29 is 4.79 Å². The average Bonchev–Trinajstić information content (AvgIpc) is 2.37. The molecule has 0 fully saturated rings. The second-order valence-electron chi connectivity index (χ2n) is 6.58. The summed E-state index contributed by atoms with van der Waals surface area (Å²) in [7, 11) is 0. The number of allylic oxidation sites excluding steroid dienone is 10. The van der Waals surface area contributed by atoms with Crippen LogP contribution in [0, 0.1) is 5.41 Å². The van der Waals surface area contributed by atoms with E-state index in [1.54, 1.807) is 6.08 Å². The summed E-state index contributed by atoms with van der Waals surface area (Å²) < 4.78 is 0. The first-order chi connectivity index (χ1) is 9.86. The quantitative estimate of drug-likeness (QED) is 0.273. The summed E-state index contributed by atoms with van der Waals surface area (Å²) in [6, 6.07) is 0. The molecule has 114 valence electrons. The zero-order valence-electron chi connectivity index (χ0n) is 14.1. The topological polar surface area (TPSA) is 17.1 Å². The van der Waals surface area contributed by atoms with E-state index in [0.717, 1.165) is 11.9 Å². The van der Waals surface area contributed by atoms with E-state index >= 15 is 0 Å². The molecule has 1 heteroatoms. The van der Waals surface area contributed by atoms with Gasteiger partial charge in [-0.15, -0.1) is 0 Å². The molecule has 1 aliphatic rings. The first kappa shape index (κ1) is 17.4. The fraction of sp³-hybridized carbons (Fsp3) is 0.450. The fourth-order valence-electron chi connectivity index (χ4n) is 2.80. The number of aldehydes is 1. The van der Waals surface area contributed by atoms with E-state index in [4.69, 9.17) is 0 Å². The van der Waals surface area contributed by atoms with Crippen molar-refractivity contribution in [1.29, 1.82) is 0 Å². The van der Waals surface area contributed by atoms with Gasteiger partial charge in [-0.25, -0.2) is 0 Å². The number of hydrogen-bond donors (Lipinski definition) is 0. The van der Waals surface area contributed by atoms with E-state index < -0.39 is 0 Å². The Hall–Kier alpha value is -1.63. The van der Waals surface area contributed by atoms with Gasteiger partial charge in [0.1, 0.15) is 6.29 Å². The first-order valence-corrected chi connectivity index (χ1v) is 7.72. The van der Waals surface area contributed by atoms with Crippen LogP contribution in [0.4, 0.5) is 0 Å².